The molecule has 8 nitrogen and oxygen atoms in total. The summed E-state index contributed by atoms with van der Waals surface area (Å²) >= 11 is 0. The van der Waals surface area contributed by atoms with Gasteiger partial charge in [0.2, 0.25) is 10.0 Å². The number of carbonyl (C=O) groups excluding carboxylic acids is 1. The van der Waals surface area contributed by atoms with Crippen molar-refractivity contribution in [3.05, 3.63) is 112 Å². The zero-order valence-electron chi connectivity index (χ0n) is 19.3. The van der Waals surface area contributed by atoms with Gasteiger partial charge in [0.15, 0.2) is 0 Å². The van der Waals surface area contributed by atoms with Gasteiger partial charge in [0.25, 0.3) is 5.91 Å². The number of hydrogen-bond acceptors (Lipinski definition) is 6. The third-order valence-electron chi connectivity index (χ3n) is 5.98. The molecule has 1 amide bonds. The van der Waals surface area contributed by atoms with Crippen molar-refractivity contribution in [2.75, 3.05) is 16.6 Å². The summed E-state index contributed by atoms with van der Waals surface area (Å²) in [6, 6.07) is 24.7. The number of benzene rings is 3. The maximum atomic E-state index is 12.9. The fourth-order valence-corrected chi connectivity index (χ4v) is 5.78. The van der Waals surface area contributed by atoms with Crippen molar-refractivity contribution < 1.29 is 17.6 Å². The van der Waals surface area contributed by atoms with Crippen LogP contribution in [0.15, 0.2) is 99.2 Å². The third-order valence-corrected chi connectivity index (χ3v) is 7.85. The van der Waals surface area contributed by atoms with Crippen LogP contribution in [0.1, 0.15) is 34.3 Å². The number of carbonyl (C=O) groups is 1. The smallest absolute Gasteiger partial charge is 0.349 e. The van der Waals surface area contributed by atoms with Crippen LogP contribution in [0.5, 0.6) is 0 Å². The van der Waals surface area contributed by atoms with Crippen molar-refractivity contribution >= 4 is 38.3 Å². The van der Waals surface area contributed by atoms with Crippen LogP contribution in [0.25, 0.3) is 11.0 Å². The maximum absolute atomic E-state index is 12.9. The number of hydrazone groups is 1. The van der Waals surface area contributed by atoms with E-state index in [2.05, 4.69) is 10.5 Å². The number of sulfonamides is 1. The topological polar surface area (TPSA) is 109 Å². The summed E-state index contributed by atoms with van der Waals surface area (Å²) in [6.45, 7) is 0.450. The lowest BCUT2D eigenvalue weighted by Gasteiger charge is -2.28. The molecule has 9 heteroatoms. The fourth-order valence-electron chi connectivity index (χ4n) is 4.14. The number of anilines is 1. The summed E-state index contributed by atoms with van der Waals surface area (Å²) < 4.78 is 31.6. The molecule has 0 atom stereocenters. The fraction of sp³-hybridized carbons (Fsp3) is 0.148. The minimum Gasteiger partial charge on any atom is -0.422 e. The van der Waals surface area contributed by atoms with E-state index >= 15 is 0 Å². The molecule has 2 heterocycles. The van der Waals surface area contributed by atoms with E-state index in [-0.39, 0.29) is 11.3 Å². The molecule has 1 aliphatic heterocycles. The Morgan fingerprint density at radius 3 is 2.33 bits per heavy atom. The number of fused-ring (bicyclic) bond motifs is 1. The van der Waals surface area contributed by atoms with Gasteiger partial charge in [0, 0.05) is 23.1 Å². The molecule has 0 aliphatic carbocycles. The van der Waals surface area contributed by atoms with Crippen LogP contribution in [0, 0.1) is 0 Å². The zero-order valence-corrected chi connectivity index (χ0v) is 20.1. The van der Waals surface area contributed by atoms with Gasteiger partial charge in [0.1, 0.15) is 11.1 Å². The van der Waals surface area contributed by atoms with E-state index in [1.165, 1.54) is 10.4 Å². The molecule has 1 N–H and O–H groups in total. The molecule has 1 aromatic heterocycles. The van der Waals surface area contributed by atoms with Gasteiger partial charge in [-0.3, -0.25) is 9.10 Å². The second kappa shape index (κ2) is 9.79. The van der Waals surface area contributed by atoms with Gasteiger partial charge in [-0.15, -0.1) is 0 Å². The predicted octanol–water partition coefficient (Wildman–Crippen LogP) is 3.91. The Morgan fingerprint density at radius 2 is 1.58 bits per heavy atom. The molecule has 0 bridgehead atoms. The van der Waals surface area contributed by atoms with E-state index in [0.717, 1.165) is 12.0 Å². The van der Waals surface area contributed by atoms with Gasteiger partial charge in [-0.25, -0.2) is 18.6 Å². The Kier molecular flexibility index (Phi) is 6.39. The van der Waals surface area contributed by atoms with Crippen LogP contribution in [-0.2, 0) is 10.0 Å². The van der Waals surface area contributed by atoms with E-state index in [4.69, 9.17) is 4.42 Å². The predicted molar refractivity (Wildman–Crippen MR) is 139 cm³/mol. The summed E-state index contributed by atoms with van der Waals surface area (Å²) in [7, 11) is -3.33. The number of nitrogens with one attached hydrogen (secondary N) is 1. The minimum atomic E-state index is -3.33. The van der Waals surface area contributed by atoms with E-state index in [9.17, 15) is 18.0 Å². The van der Waals surface area contributed by atoms with E-state index in [1.54, 1.807) is 48.5 Å². The van der Waals surface area contributed by atoms with E-state index in [1.807, 2.05) is 30.3 Å². The molecule has 36 heavy (non-hydrogen) atoms. The number of para-hydroxylation sites is 1. The molecule has 0 spiro atoms. The number of nitrogens with zero attached hydrogens (tertiary/aromatic N) is 2. The molecule has 1 aliphatic rings. The normalized spacial score (nSPS) is 15.6. The van der Waals surface area contributed by atoms with Gasteiger partial charge in [-0.2, -0.15) is 5.10 Å². The van der Waals surface area contributed by atoms with Crippen molar-refractivity contribution in [3.8, 4) is 0 Å². The van der Waals surface area contributed by atoms with E-state index in [0.29, 0.717) is 40.9 Å². The summed E-state index contributed by atoms with van der Waals surface area (Å²) in [5.41, 5.74) is 4.41. The minimum absolute atomic E-state index is 0.139. The van der Waals surface area contributed by atoms with Crippen LogP contribution in [-0.4, -0.2) is 32.3 Å². The Hall–Kier alpha value is -4.24. The molecule has 0 saturated carbocycles. The molecule has 4 aromatic rings. The SMILES string of the molecule is O=C(N/N=C(/c1ccccc1)c1ccc(N2CCCCS2(=O)=O)cc1)c1cc2ccccc2oc1=O. The van der Waals surface area contributed by atoms with Crippen molar-refractivity contribution in [2.45, 2.75) is 12.8 Å². The number of amides is 1. The third kappa shape index (κ3) is 4.78. The van der Waals surface area contributed by atoms with Gasteiger partial charge in [0.05, 0.1) is 17.2 Å². The van der Waals surface area contributed by atoms with Crippen LogP contribution >= 0.6 is 0 Å². The van der Waals surface area contributed by atoms with Crippen LogP contribution in [0.4, 0.5) is 5.69 Å². The summed E-state index contributed by atoms with van der Waals surface area (Å²) in [5.74, 6) is -0.556. The average molecular weight is 502 g/mol. The Balaban J connectivity index is 1.47. The van der Waals surface area contributed by atoms with Crippen molar-refractivity contribution in [1.82, 2.24) is 5.43 Å². The highest BCUT2D eigenvalue weighted by Gasteiger charge is 2.26. The lowest BCUT2D eigenvalue weighted by molar-refractivity contribution is 0.0951. The monoisotopic (exact) mass is 501 g/mol. The molecular weight excluding hydrogens is 478 g/mol. The first kappa shape index (κ1) is 23.5. The highest BCUT2D eigenvalue weighted by molar-refractivity contribution is 7.92. The van der Waals surface area contributed by atoms with Crippen LogP contribution < -0.4 is 15.4 Å². The van der Waals surface area contributed by atoms with Gasteiger partial charge in [-0.05, 0) is 37.1 Å². The second-order valence-corrected chi connectivity index (χ2v) is 10.4. The highest BCUT2D eigenvalue weighted by Crippen LogP contribution is 2.24. The van der Waals surface area contributed by atoms with Crippen LogP contribution in [0.2, 0.25) is 0 Å². The lowest BCUT2D eigenvalue weighted by atomic mass is 10.0. The largest absolute Gasteiger partial charge is 0.422 e. The Labute approximate surface area is 207 Å². The summed E-state index contributed by atoms with van der Waals surface area (Å²) in [5, 5.41) is 4.96. The first-order valence-electron chi connectivity index (χ1n) is 11.5. The number of rotatable bonds is 5. The first-order valence-corrected chi connectivity index (χ1v) is 13.1. The van der Waals surface area contributed by atoms with Crippen molar-refractivity contribution in [3.63, 3.8) is 0 Å². The van der Waals surface area contributed by atoms with Crippen LogP contribution in [0.3, 0.4) is 0 Å². The lowest BCUT2D eigenvalue weighted by Crippen LogP contribution is -2.37. The van der Waals surface area contributed by atoms with Gasteiger partial charge in [-0.1, -0.05) is 60.7 Å². The molecule has 0 unspecified atom stereocenters. The number of hydrogen-bond donors (Lipinski definition) is 1. The average Bonchev–Trinajstić information content (AvgIpc) is 2.89. The summed E-state index contributed by atoms with van der Waals surface area (Å²) in [6.07, 6.45) is 1.48. The maximum Gasteiger partial charge on any atom is 0.349 e. The molecule has 1 fully saturated rings. The molecule has 1 saturated heterocycles. The van der Waals surface area contributed by atoms with Gasteiger partial charge >= 0.3 is 5.63 Å². The van der Waals surface area contributed by atoms with Crippen molar-refractivity contribution in [1.29, 1.82) is 0 Å². The highest BCUT2D eigenvalue weighted by atomic mass is 32.2. The zero-order chi connectivity index (χ0) is 25.1. The van der Waals surface area contributed by atoms with E-state index < -0.39 is 21.6 Å². The Morgan fingerprint density at radius 1 is 0.889 bits per heavy atom. The molecule has 182 valence electrons. The Bertz CT molecular complexity index is 1610. The molecular formula is C27H23N3O5S. The van der Waals surface area contributed by atoms with Gasteiger partial charge < -0.3 is 4.42 Å². The van der Waals surface area contributed by atoms with Crippen molar-refractivity contribution in [2.24, 2.45) is 5.10 Å². The molecule has 3 aromatic carbocycles. The first-order chi connectivity index (χ1) is 17.4. The second-order valence-electron chi connectivity index (χ2n) is 8.39. The summed E-state index contributed by atoms with van der Waals surface area (Å²) in [4.78, 5) is 25.2. The standard InChI is InChI=1S/C27H23N3O5S/c31-26(23-18-21-10-4-5-11-24(21)35-27(23)32)29-28-25(19-8-2-1-3-9-19)20-12-14-22(15-13-20)30-16-6-7-17-36(30,33)34/h1-5,8-15,18H,6-7,16-17H2,(H,29,31)/b28-25-. The molecule has 0 radical (unpaired) electrons. The quantitative estimate of drug-likeness (QED) is 0.253. The molecule has 5 rings (SSSR count).